The number of methoxy groups -OCH3 is 1. The lowest BCUT2D eigenvalue weighted by atomic mass is 10.1. The van der Waals surface area contributed by atoms with Crippen LogP contribution in [0.5, 0.6) is 5.75 Å². The molecule has 0 amide bonds. The summed E-state index contributed by atoms with van der Waals surface area (Å²) >= 11 is 0. The summed E-state index contributed by atoms with van der Waals surface area (Å²) < 4.78 is 5.07. The van der Waals surface area contributed by atoms with Gasteiger partial charge in [-0.2, -0.15) is 0 Å². The summed E-state index contributed by atoms with van der Waals surface area (Å²) in [5, 5.41) is 8.61. The van der Waals surface area contributed by atoms with E-state index in [1.807, 2.05) is 13.0 Å². The van der Waals surface area contributed by atoms with Crippen LogP contribution in [-0.2, 0) is 11.2 Å². The standard InChI is InChI=1S/C10H12O3/c1-7-8(6-10(11)12)4-3-5-9(7)13-2/h3-5H,6H2,1-2H3,(H,11,12). The van der Waals surface area contributed by atoms with Crippen LogP contribution in [-0.4, -0.2) is 18.2 Å². The summed E-state index contributed by atoms with van der Waals surface area (Å²) in [6, 6.07) is 5.41. The van der Waals surface area contributed by atoms with Crippen LogP contribution < -0.4 is 4.74 Å². The van der Waals surface area contributed by atoms with Crippen molar-refractivity contribution < 1.29 is 14.6 Å². The highest BCUT2D eigenvalue weighted by Crippen LogP contribution is 2.20. The van der Waals surface area contributed by atoms with E-state index < -0.39 is 5.97 Å². The van der Waals surface area contributed by atoms with Crippen LogP contribution in [0.4, 0.5) is 0 Å². The second-order valence-electron chi connectivity index (χ2n) is 2.81. The van der Waals surface area contributed by atoms with Gasteiger partial charge < -0.3 is 9.84 Å². The van der Waals surface area contributed by atoms with Gasteiger partial charge in [0.15, 0.2) is 0 Å². The minimum absolute atomic E-state index is 0.0447. The predicted octanol–water partition coefficient (Wildman–Crippen LogP) is 1.63. The molecule has 1 rings (SSSR count). The monoisotopic (exact) mass is 180 g/mol. The summed E-state index contributed by atoms with van der Waals surface area (Å²) in [7, 11) is 1.58. The smallest absolute Gasteiger partial charge is 0.307 e. The average Bonchev–Trinajstić information content (AvgIpc) is 2.08. The van der Waals surface area contributed by atoms with Gasteiger partial charge in [0.1, 0.15) is 5.75 Å². The van der Waals surface area contributed by atoms with E-state index in [1.165, 1.54) is 0 Å². The largest absolute Gasteiger partial charge is 0.496 e. The third kappa shape index (κ3) is 2.21. The Bertz CT molecular complexity index is 318. The van der Waals surface area contributed by atoms with E-state index in [1.54, 1.807) is 19.2 Å². The molecular formula is C10H12O3. The van der Waals surface area contributed by atoms with Gasteiger partial charge in [0.2, 0.25) is 0 Å². The van der Waals surface area contributed by atoms with Gasteiger partial charge in [-0.05, 0) is 24.1 Å². The highest BCUT2D eigenvalue weighted by Gasteiger charge is 2.06. The van der Waals surface area contributed by atoms with Gasteiger partial charge in [-0.25, -0.2) is 0 Å². The highest BCUT2D eigenvalue weighted by atomic mass is 16.5. The number of rotatable bonds is 3. The van der Waals surface area contributed by atoms with Crippen LogP contribution >= 0.6 is 0 Å². The Hall–Kier alpha value is -1.51. The molecule has 1 aromatic rings. The number of hydrogen-bond donors (Lipinski definition) is 1. The van der Waals surface area contributed by atoms with Crippen molar-refractivity contribution >= 4 is 5.97 Å². The SMILES string of the molecule is COc1cccc(CC(=O)O)c1C. The quantitative estimate of drug-likeness (QED) is 0.769. The first-order valence-corrected chi connectivity index (χ1v) is 3.99. The van der Waals surface area contributed by atoms with Gasteiger partial charge in [-0.15, -0.1) is 0 Å². The number of ether oxygens (including phenoxy) is 1. The Balaban J connectivity index is 3.01. The summed E-state index contributed by atoms with van der Waals surface area (Å²) in [4.78, 5) is 10.5. The molecule has 0 unspecified atom stereocenters. The van der Waals surface area contributed by atoms with Gasteiger partial charge in [0.25, 0.3) is 0 Å². The van der Waals surface area contributed by atoms with E-state index in [2.05, 4.69) is 0 Å². The summed E-state index contributed by atoms with van der Waals surface area (Å²) in [6.45, 7) is 1.86. The molecule has 1 N–H and O–H groups in total. The van der Waals surface area contributed by atoms with Gasteiger partial charge >= 0.3 is 5.97 Å². The van der Waals surface area contributed by atoms with Crippen molar-refractivity contribution in [3.63, 3.8) is 0 Å². The molecule has 13 heavy (non-hydrogen) atoms. The summed E-state index contributed by atoms with van der Waals surface area (Å²) in [6.07, 6.45) is 0.0447. The molecule has 0 spiro atoms. The van der Waals surface area contributed by atoms with Crippen molar-refractivity contribution in [2.45, 2.75) is 13.3 Å². The Labute approximate surface area is 77.0 Å². The van der Waals surface area contributed by atoms with Gasteiger partial charge in [0, 0.05) is 0 Å². The molecule has 3 nitrogen and oxygen atoms in total. The molecule has 0 aliphatic rings. The first-order chi connectivity index (χ1) is 6.15. The molecule has 3 heteroatoms. The zero-order chi connectivity index (χ0) is 9.84. The molecule has 0 aromatic heterocycles. The average molecular weight is 180 g/mol. The predicted molar refractivity (Wildman–Crippen MR) is 49.1 cm³/mol. The molecule has 0 aliphatic heterocycles. The molecule has 0 saturated heterocycles. The van der Waals surface area contributed by atoms with E-state index in [-0.39, 0.29) is 6.42 Å². The number of benzene rings is 1. The second kappa shape index (κ2) is 3.94. The normalized spacial score (nSPS) is 9.69. The Morgan fingerprint density at radius 3 is 2.77 bits per heavy atom. The Morgan fingerprint density at radius 1 is 1.54 bits per heavy atom. The molecule has 0 atom stereocenters. The Morgan fingerprint density at radius 2 is 2.23 bits per heavy atom. The summed E-state index contributed by atoms with van der Waals surface area (Å²) in [5.41, 5.74) is 1.69. The maximum absolute atomic E-state index is 10.5. The van der Waals surface area contributed by atoms with Crippen molar-refractivity contribution in [2.75, 3.05) is 7.11 Å². The zero-order valence-electron chi connectivity index (χ0n) is 7.70. The van der Waals surface area contributed by atoms with Gasteiger partial charge in [-0.1, -0.05) is 12.1 Å². The van der Waals surface area contributed by atoms with E-state index in [9.17, 15) is 4.79 Å². The number of hydrogen-bond acceptors (Lipinski definition) is 2. The van der Waals surface area contributed by atoms with Crippen molar-refractivity contribution in [3.8, 4) is 5.75 Å². The molecular weight excluding hydrogens is 168 g/mol. The molecule has 70 valence electrons. The number of aliphatic carboxylic acids is 1. The Kier molecular flexibility index (Phi) is 2.90. The fourth-order valence-corrected chi connectivity index (χ4v) is 1.24. The van der Waals surface area contributed by atoms with Crippen LogP contribution in [0.3, 0.4) is 0 Å². The number of carboxylic acid groups (broad SMARTS) is 1. The van der Waals surface area contributed by atoms with Gasteiger partial charge in [0.05, 0.1) is 13.5 Å². The van der Waals surface area contributed by atoms with Gasteiger partial charge in [-0.3, -0.25) is 4.79 Å². The lowest BCUT2D eigenvalue weighted by molar-refractivity contribution is -0.136. The van der Waals surface area contributed by atoms with Crippen LogP contribution in [0.25, 0.3) is 0 Å². The van der Waals surface area contributed by atoms with Crippen molar-refractivity contribution in [2.24, 2.45) is 0 Å². The molecule has 0 heterocycles. The highest BCUT2D eigenvalue weighted by molar-refractivity contribution is 5.71. The van der Waals surface area contributed by atoms with E-state index in [4.69, 9.17) is 9.84 Å². The first-order valence-electron chi connectivity index (χ1n) is 3.99. The van der Waals surface area contributed by atoms with Crippen LogP contribution in [0, 0.1) is 6.92 Å². The maximum atomic E-state index is 10.5. The minimum Gasteiger partial charge on any atom is -0.496 e. The third-order valence-electron chi connectivity index (χ3n) is 1.96. The maximum Gasteiger partial charge on any atom is 0.307 e. The van der Waals surface area contributed by atoms with Crippen molar-refractivity contribution in [1.29, 1.82) is 0 Å². The molecule has 1 aromatic carbocycles. The fourth-order valence-electron chi connectivity index (χ4n) is 1.24. The lowest BCUT2D eigenvalue weighted by Crippen LogP contribution is -2.02. The number of carboxylic acids is 1. The van der Waals surface area contributed by atoms with Crippen LogP contribution in [0.15, 0.2) is 18.2 Å². The second-order valence-corrected chi connectivity index (χ2v) is 2.81. The molecule has 0 saturated carbocycles. The first kappa shape index (κ1) is 9.58. The lowest BCUT2D eigenvalue weighted by Gasteiger charge is -2.07. The van der Waals surface area contributed by atoms with Crippen molar-refractivity contribution in [3.05, 3.63) is 29.3 Å². The molecule has 0 radical (unpaired) electrons. The molecule has 0 fully saturated rings. The minimum atomic E-state index is -0.823. The van der Waals surface area contributed by atoms with E-state index in [0.29, 0.717) is 0 Å². The number of carbonyl (C=O) groups is 1. The molecule has 0 aliphatic carbocycles. The van der Waals surface area contributed by atoms with Crippen LogP contribution in [0.1, 0.15) is 11.1 Å². The summed E-state index contributed by atoms with van der Waals surface area (Å²) in [5.74, 6) is -0.0879. The van der Waals surface area contributed by atoms with E-state index in [0.717, 1.165) is 16.9 Å². The molecule has 0 bridgehead atoms. The van der Waals surface area contributed by atoms with Crippen molar-refractivity contribution in [1.82, 2.24) is 0 Å². The zero-order valence-corrected chi connectivity index (χ0v) is 7.70. The third-order valence-corrected chi connectivity index (χ3v) is 1.96. The van der Waals surface area contributed by atoms with E-state index >= 15 is 0 Å². The topological polar surface area (TPSA) is 46.5 Å². The van der Waals surface area contributed by atoms with Crippen LogP contribution in [0.2, 0.25) is 0 Å². The fraction of sp³-hybridized carbons (Fsp3) is 0.300.